The van der Waals surface area contributed by atoms with Gasteiger partial charge in [0.2, 0.25) is 0 Å². The fourth-order valence-corrected chi connectivity index (χ4v) is 5.47. The van der Waals surface area contributed by atoms with E-state index in [1.807, 2.05) is 0 Å². The summed E-state index contributed by atoms with van der Waals surface area (Å²) in [4.78, 5) is 4.84. The van der Waals surface area contributed by atoms with Crippen molar-refractivity contribution in [1.82, 2.24) is 9.80 Å². The van der Waals surface area contributed by atoms with Gasteiger partial charge in [-0.15, -0.1) is 0 Å². The topological polar surface area (TPSA) is 54.3 Å². The fourth-order valence-electron chi connectivity index (χ4n) is 5.47. The number of rotatable bonds is 9. The molecular weight excluding hydrogens is 532 g/mol. The molecule has 2 aliphatic rings. The normalized spacial score (nSPS) is 18.4. The van der Waals surface area contributed by atoms with Crippen LogP contribution in [0.2, 0.25) is 0 Å². The minimum absolute atomic E-state index is 0.0998. The molecule has 0 bridgehead atoms. The highest BCUT2D eigenvalue weighted by atomic mass is 19.4. The molecule has 5 nitrogen and oxygen atoms in total. The molecular formula is C29H35F6N5. The third-order valence-electron chi connectivity index (χ3n) is 7.77. The highest BCUT2D eigenvalue weighted by Crippen LogP contribution is 2.34. The molecule has 0 aromatic heterocycles. The molecule has 0 radical (unpaired) electrons. The lowest BCUT2D eigenvalue weighted by atomic mass is 10.0. The predicted molar refractivity (Wildman–Crippen MR) is 143 cm³/mol. The average Bonchev–Trinajstić information content (AvgIpc) is 2.92. The lowest BCUT2D eigenvalue weighted by Gasteiger charge is -2.34. The third-order valence-corrected chi connectivity index (χ3v) is 7.77. The Balaban J connectivity index is 1.09. The van der Waals surface area contributed by atoms with Crippen LogP contribution in [0.25, 0.3) is 0 Å². The number of hydrogen-bond donors (Lipinski definition) is 2. The molecule has 2 saturated heterocycles. The number of unbranched alkanes of at least 4 members (excludes halogenated alkanes) is 1. The molecule has 2 aromatic rings. The molecule has 2 N–H and O–H groups in total. The van der Waals surface area contributed by atoms with Gasteiger partial charge in [0.05, 0.1) is 22.8 Å². The van der Waals surface area contributed by atoms with Gasteiger partial charge in [0.25, 0.3) is 0 Å². The monoisotopic (exact) mass is 567 g/mol. The summed E-state index contributed by atoms with van der Waals surface area (Å²) in [5, 5.41) is 15.5. The fraction of sp³-hybridized carbons (Fsp3) is 0.552. The van der Waals surface area contributed by atoms with Crippen LogP contribution < -0.4 is 10.6 Å². The van der Waals surface area contributed by atoms with Crippen molar-refractivity contribution in [2.75, 3.05) is 49.9 Å². The average molecular weight is 568 g/mol. The molecule has 0 spiro atoms. The van der Waals surface area contributed by atoms with Gasteiger partial charge in [0.15, 0.2) is 0 Å². The minimum atomic E-state index is -4.56. The van der Waals surface area contributed by atoms with Crippen LogP contribution >= 0.6 is 0 Å². The summed E-state index contributed by atoms with van der Waals surface area (Å²) in [5.41, 5.74) is -0.805. The zero-order chi connectivity index (χ0) is 28.8. The molecule has 2 fully saturated rings. The molecule has 0 aliphatic carbocycles. The Bertz CT molecular complexity index is 1130. The molecule has 2 heterocycles. The molecule has 0 atom stereocenters. The molecule has 2 aromatic carbocycles. The number of anilines is 2. The molecule has 4 rings (SSSR count). The quantitative estimate of drug-likeness (QED) is 0.257. The Kier molecular flexibility index (Phi) is 9.85. The molecule has 2 aliphatic heterocycles. The predicted octanol–water partition coefficient (Wildman–Crippen LogP) is 6.83. The first-order chi connectivity index (χ1) is 19.0. The summed E-state index contributed by atoms with van der Waals surface area (Å²) in [5.74, 6) is 0. The van der Waals surface area contributed by atoms with Crippen LogP contribution in [0.5, 0.6) is 0 Å². The van der Waals surface area contributed by atoms with Gasteiger partial charge in [-0.05, 0) is 94.1 Å². The van der Waals surface area contributed by atoms with Crippen molar-refractivity contribution < 1.29 is 26.3 Å². The van der Waals surface area contributed by atoms with Gasteiger partial charge < -0.3 is 20.4 Å². The molecule has 218 valence electrons. The summed E-state index contributed by atoms with van der Waals surface area (Å²) in [6.07, 6.45) is -3.13. The maximum absolute atomic E-state index is 13.2. The van der Waals surface area contributed by atoms with E-state index in [1.165, 1.54) is 24.3 Å². The summed E-state index contributed by atoms with van der Waals surface area (Å²) < 4.78 is 77.9. The molecule has 0 amide bonds. The van der Waals surface area contributed by atoms with E-state index in [-0.39, 0.29) is 17.6 Å². The highest BCUT2D eigenvalue weighted by Gasteiger charge is 2.34. The van der Waals surface area contributed by atoms with Gasteiger partial charge in [0.1, 0.15) is 0 Å². The molecule has 0 unspecified atom stereocenters. The number of piperidine rings is 2. The van der Waals surface area contributed by atoms with Crippen LogP contribution in [-0.4, -0.2) is 61.2 Å². The van der Waals surface area contributed by atoms with Crippen LogP contribution in [0.1, 0.15) is 55.2 Å². The Hall–Kier alpha value is -2.97. The first-order valence-corrected chi connectivity index (χ1v) is 13.8. The van der Waals surface area contributed by atoms with E-state index in [0.717, 1.165) is 96.0 Å². The van der Waals surface area contributed by atoms with Gasteiger partial charge in [-0.3, -0.25) is 0 Å². The number of halogens is 6. The number of nitrogens with zero attached hydrogens (tertiary/aromatic N) is 3. The Morgan fingerprint density at radius 2 is 1.18 bits per heavy atom. The Labute approximate surface area is 231 Å². The van der Waals surface area contributed by atoms with E-state index in [9.17, 15) is 26.3 Å². The zero-order valence-electron chi connectivity index (χ0n) is 22.3. The van der Waals surface area contributed by atoms with Crippen molar-refractivity contribution in [3.05, 3.63) is 59.2 Å². The molecule has 11 heteroatoms. The number of hydrogen-bond acceptors (Lipinski definition) is 5. The smallest absolute Gasteiger partial charge is 0.382 e. The Morgan fingerprint density at radius 1 is 0.700 bits per heavy atom. The van der Waals surface area contributed by atoms with Crippen LogP contribution in [-0.2, 0) is 12.4 Å². The van der Waals surface area contributed by atoms with E-state index in [0.29, 0.717) is 11.4 Å². The first kappa shape index (κ1) is 30.0. The lowest BCUT2D eigenvalue weighted by molar-refractivity contribution is -0.138. The van der Waals surface area contributed by atoms with Gasteiger partial charge in [-0.1, -0.05) is 0 Å². The van der Waals surface area contributed by atoms with Crippen LogP contribution in [0.4, 0.5) is 37.7 Å². The van der Waals surface area contributed by atoms with Crippen molar-refractivity contribution >= 4 is 11.4 Å². The minimum Gasteiger partial charge on any atom is -0.382 e. The number of likely N-dealkylation sites (tertiary alicyclic amines) is 2. The van der Waals surface area contributed by atoms with Crippen molar-refractivity contribution in [2.45, 2.75) is 63.0 Å². The third kappa shape index (κ3) is 8.51. The standard InChI is InChI=1S/C29H35F6N5/c30-28(31,32)22-4-7-23(8-5-22)37-24-9-15-39(16-10-24)13-1-2-14-40-17-11-25(12-18-40)38-26-6-3-21(20-36)27(19-26)29(33,34)35/h3-8,19,24-25,37-38H,1-2,9-18H2. The van der Waals surface area contributed by atoms with E-state index in [1.54, 1.807) is 6.07 Å². The molecule has 0 saturated carbocycles. The van der Waals surface area contributed by atoms with Gasteiger partial charge in [-0.2, -0.15) is 31.6 Å². The number of benzene rings is 2. The van der Waals surface area contributed by atoms with E-state index < -0.39 is 23.5 Å². The van der Waals surface area contributed by atoms with Crippen molar-refractivity contribution in [3.63, 3.8) is 0 Å². The second kappa shape index (κ2) is 13.1. The van der Waals surface area contributed by atoms with E-state index >= 15 is 0 Å². The summed E-state index contributed by atoms with van der Waals surface area (Å²) in [6.45, 7) is 5.71. The number of alkyl halides is 6. The van der Waals surface area contributed by atoms with Gasteiger partial charge in [-0.25, -0.2) is 0 Å². The SMILES string of the molecule is N#Cc1ccc(NC2CCN(CCCCN3CCC(Nc4ccc(C(F)(F)F)cc4)CC3)CC2)cc1C(F)(F)F. The molecule has 40 heavy (non-hydrogen) atoms. The second-order valence-corrected chi connectivity index (χ2v) is 10.7. The number of nitrogens with one attached hydrogen (secondary N) is 2. The van der Waals surface area contributed by atoms with Gasteiger partial charge >= 0.3 is 12.4 Å². The summed E-state index contributed by atoms with van der Waals surface area (Å²) in [7, 11) is 0. The number of nitriles is 1. The van der Waals surface area contributed by atoms with E-state index in [4.69, 9.17) is 5.26 Å². The maximum atomic E-state index is 13.2. The van der Waals surface area contributed by atoms with Crippen LogP contribution in [0.3, 0.4) is 0 Å². The second-order valence-electron chi connectivity index (χ2n) is 10.7. The van der Waals surface area contributed by atoms with Crippen LogP contribution in [0, 0.1) is 11.3 Å². The van der Waals surface area contributed by atoms with Crippen molar-refractivity contribution in [1.29, 1.82) is 5.26 Å². The van der Waals surface area contributed by atoms with Crippen molar-refractivity contribution in [3.8, 4) is 6.07 Å². The summed E-state index contributed by atoms with van der Waals surface area (Å²) in [6, 6.07) is 11.0. The lowest BCUT2D eigenvalue weighted by Crippen LogP contribution is -2.40. The van der Waals surface area contributed by atoms with Crippen LogP contribution in [0.15, 0.2) is 42.5 Å². The first-order valence-electron chi connectivity index (χ1n) is 13.8. The zero-order valence-corrected chi connectivity index (χ0v) is 22.3. The van der Waals surface area contributed by atoms with Crippen molar-refractivity contribution in [2.24, 2.45) is 0 Å². The Morgan fingerprint density at radius 3 is 1.62 bits per heavy atom. The highest BCUT2D eigenvalue weighted by molar-refractivity contribution is 5.53. The van der Waals surface area contributed by atoms with Gasteiger partial charge in [0, 0.05) is 49.6 Å². The summed E-state index contributed by atoms with van der Waals surface area (Å²) >= 11 is 0. The largest absolute Gasteiger partial charge is 0.417 e. The maximum Gasteiger partial charge on any atom is 0.417 e. The van der Waals surface area contributed by atoms with E-state index in [2.05, 4.69) is 20.4 Å².